The van der Waals surface area contributed by atoms with Gasteiger partial charge in [-0.05, 0) is 200 Å². The van der Waals surface area contributed by atoms with E-state index in [1.807, 2.05) is 175 Å². The van der Waals surface area contributed by atoms with Crippen molar-refractivity contribution in [3.63, 3.8) is 0 Å². The Morgan fingerprint density at radius 1 is 0.493 bits per heavy atom. The summed E-state index contributed by atoms with van der Waals surface area (Å²) < 4.78 is 9.28. The number of nitrogens with two attached hydrogens (primary N) is 1. The fourth-order valence-electron chi connectivity index (χ4n) is 14.6. The number of alkyl carbamates (subject to hydrolysis) is 1. The molecule has 6 fully saturated rings. The number of pyridine rings is 1. The molecule has 2 atom stereocenters. The van der Waals surface area contributed by atoms with Crippen LogP contribution in [0.4, 0.5) is 15.3 Å². The number of nitriles is 1. The molecule has 28 heteroatoms. The van der Waals surface area contributed by atoms with Gasteiger partial charge in [-0.15, -0.1) is 11.8 Å². The maximum Gasteiger partial charge on any atom is 0.406 e. The molecule has 140 heavy (non-hydrogen) atoms. The Bertz CT molecular complexity index is 4450. The summed E-state index contributed by atoms with van der Waals surface area (Å²) in [6.07, 6.45) is 31.3. The van der Waals surface area contributed by atoms with Gasteiger partial charge >= 0.3 is 12.1 Å². The smallest absolute Gasteiger partial charge is 0.406 e. The number of urea groups is 1. The van der Waals surface area contributed by atoms with Crippen LogP contribution in [0.1, 0.15) is 312 Å². The van der Waals surface area contributed by atoms with Crippen molar-refractivity contribution in [2.24, 2.45) is 17.6 Å². The number of nitrogens with one attached hydrogen (secondary N) is 6. The zero-order valence-corrected chi connectivity index (χ0v) is 89.6. The van der Waals surface area contributed by atoms with Gasteiger partial charge in [-0.1, -0.05) is 232 Å². The summed E-state index contributed by atoms with van der Waals surface area (Å²) in [6, 6.07) is 52.0. The highest BCUT2D eigenvalue weighted by Gasteiger charge is 2.32. The zero-order valence-electron chi connectivity index (χ0n) is 88.8. The Hall–Kier alpha value is -11.3. The van der Waals surface area contributed by atoms with Gasteiger partial charge < -0.3 is 71.3 Å². The number of para-hydroxylation sites is 2. The van der Waals surface area contributed by atoms with Crippen molar-refractivity contribution in [3.8, 4) is 6.07 Å². The van der Waals surface area contributed by atoms with Crippen LogP contribution in [-0.2, 0) is 62.4 Å². The molecule has 0 spiro atoms. The zero-order chi connectivity index (χ0) is 104. The molecule has 1 saturated carbocycles. The van der Waals surface area contributed by atoms with Crippen molar-refractivity contribution in [2.45, 2.75) is 322 Å². The second-order valence-corrected chi connectivity index (χ2v) is 35.9. The predicted molar refractivity (Wildman–Crippen MR) is 576 cm³/mol. The number of thioether (sulfide) groups is 1. The van der Waals surface area contributed by atoms with E-state index in [4.69, 9.17) is 15.4 Å². The minimum atomic E-state index is -0.373. The van der Waals surface area contributed by atoms with Gasteiger partial charge in [0.25, 0.3) is 5.91 Å². The summed E-state index contributed by atoms with van der Waals surface area (Å²) in [5.74, 6) is 5.11. The molecule has 780 valence electrons. The molecule has 5 aromatic carbocycles. The number of carbonyl (C=O) groups is 11. The first-order valence-corrected chi connectivity index (χ1v) is 52.9. The lowest BCUT2D eigenvalue weighted by atomic mass is 10.0. The first kappa shape index (κ1) is 129. The number of likely N-dealkylation sites (tertiary alicyclic amines) is 4. The van der Waals surface area contributed by atoms with Crippen LogP contribution in [0.5, 0.6) is 0 Å². The molecular formula is C112H178N14O13S. The van der Waals surface area contributed by atoms with E-state index in [-0.39, 0.29) is 77.5 Å². The number of hydrogen-bond acceptors (Lipinski definition) is 16. The number of furan rings is 1. The van der Waals surface area contributed by atoms with Crippen LogP contribution in [0, 0.1) is 23.2 Å². The van der Waals surface area contributed by atoms with Crippen LogP contribution in [0.3, 0.4) is 0 Å². The summed E-state index contributed by atoms with van der Waals surface area (Å²) in [6.45, 7) is 40.2. The van der Waals surface area contributed by atoms with E-state index in [1.165, 1.54) is 86.6 Å². The summed E-state index contributed by atoms with van der Waals surface area (Å²) in [5.41, 5.74) is 10.5. The number of aryl methyl sites for hydroxylation is 3. The molecule has 7 heterocycles. The molecule has 27 nitrogen and oxygen atoms in total. The molecule has 2 unspecified atom stereocenters. The fourth-order valence-corrected chi connectivity index (χ4v) is 15.6. The van der Waals surface area contributed by atoms with Gasteiger partial charge in [-0.25, -0.2) is 9.59 Å². The Morgan fingerprint density at radius 3 is 1.49 bits per heavy atom. The van der Waals surface area contributed by atoms with E-state index in [0.717, 1.165) is 195 Å². The third-order valence-corrected chi connectivity index (χ3v) is 23.4. The number of rotatable bonds is 25. The molecule has 13 rings (SSSR count). The van der Waals surface area contributed by atoms with Crippen molar-refractivity contribution in [2.75, 3.05) is 97.1 Å². The molecule has 12 amide bonds. The third-order valence-electron chi connectivity index (χ3n) is 22.4. The van der Waals surface area contributed by atoms with Gasteiger partial charge in [-0.3, -0.25) is 48.1 Å². The van der Waals surface area contributed by atoms with Crippen molar-refractivity contribution in [1.82, 2.24) is 56.1 Å². The maximum absolute atomic E-state index is 11.5. The topological polar surface area (TPSA) is 361 Å². The van der Waals surface area contributed by atoms with Crippen LogP contribution < -0.4 is 37.6 Å². The van der Waals surface area contributed by atoms with Gasteiger partial charge in [0, 0.05) is 158 Å². The average Bonchev–Trinajstić information content (AvgIpc) is 0.853. The van der Waals surface area contributed by atoms with Crippen LogP contribution in [-0.4, -0.2) is 205 Å². The van der Waals surface area contributed by atoms with Crippen LogP contribution in [0.25, 0.3) is 21.7 Å². The molecule has 7 aromatic rings. The molecule has 8 N–H and O–H groups in total. The molecule has 5 aliphatic heterocycles. The van der Waals surface area contributed by atoms with Gasteiger partial charge in [0.1, 0.15) is 17.8 Å². The summed E-state index contributed by atoms with van der Waals surface area (Å²) >= 11 is 1.84. The normalized spacial score (nSPS) is 14.3. The molecular weight excluding hydrogens is 1780 g/mol. The molecule has 6 aliphatic rings. The number of ether oxygens (including phenoxy) is 1. The van der Waals surface area contributed by atoms with E-state index < -0.39 is 0 Å². The van der Waals surface area contributed by atoms with E-state index in [0.29, 0.717) is 56.2 Å². The third kappa shape index (κ3) is 59.9. The lowest BCUT2D eigenvalue weighted by Crippen LogP contribution is -2.43. The van der Waals surface area contributed by atoms with Gasteiger partial charge in [0.05, 0.1) is 30.8 Å². The number of nitrogens with zero attached hydrogens (tertiary/aromatic N) is 7. The minimum Gasteiger partial charge on any atom is -0.469 e. The summed E-state index contributed by atoms with van der Waals surface area (Å²) in [7, 11) is 4.61. The fraction of sp³-hybridized carbons (Fsp3) is 0.580. The highest BCUT2D eigenvalue weighted by atomic mass is 32.2. The van der Waals surface area contributed by atoms with Crippen molar-refractivity contribution in [1.29, 1.82) is 5.26 Å². The lowest BCUT2D eigenvalue weighted by molar-refractivity contribution is -0.137. The Labute approximate surface area is 845 Å². The van der Waals surface area contributed by atoms with E-state index >= 15 is 0 Å². The van der Waals surface area contributed by atoms with E-state index in [9.17, 15) is 52.7 Å². The second kappa shape index (κ2) is 83.4. The molecule has 0 bridgehead atoms. The largest absolute Gasteiger partial charge is 0.469 e. The number of benzene rings is 5. The first-order valence-electron chi connectivity index (χ1n) is 51.7. The number of anilines is 1. The molecule has 1 aliphatic carbocycles. The number of carbonyl (C=O) groups excluding carboxylic acids is 11. The predicted octanol–water partition coefficient (Wildman–Crippen LogP) is 22.0. The van der Waals surface area contributed by atoms with Crippen molar-refractivity contribution in [3.05, 3.63) is 181 Å². The van der Waals surface area contributed by atoms with E-state index in [2.05, 4.69) is 149 Å². The SMILES string of the molecule is CCC1CCCC1.CCCC(=O)N1CCCC1.CCCC(=O)N1CCCC1C#N.CCCC(=O)N1CCCC1C(N)=O.CCCC(=O)N1CCSC1.CCCC(=O)NC(C)C.CCCC(=O)Nc1ccccc1.CCCNC(=O)N1CCCC1.CCCNC(=O)OC.CCc1ccc2ccccc2n1.CCc1cccc2ccccc12.CCc1ccco1.CNC(=O)C(C)C.CNC(=O)c1ccccc1. The van der Waals surface area contributed by atoms with Crippen LogP contribution >= 0.6 is 11.8 Å². The van der Waals surface area contributed by atoms with Gasteiger partial charge in [0.15, 0.2) is 0 Å². The Kier molecular flexibility index (Phi) is 76.7. The summed E-state index contributed by atoms with van der Waals surface area (Å²) in [4.78, 5) is 134. The monoisotopic (exact) mass is 1960 g/mol. The molecule has 2 aromatic heterocycles. The second-order valence-electron chi connectivity index (χ2n) is 34.8. The standard InChI is InChI=1S/C12H12.C11H11N.C10H13NO.C9H16N2O2.C9H14N2O.C8H16N2O.C8H9NO.C8H15NO.C7H13NOS.C7H15NO.C7H14.C6H8O.C5H11NO2.C5H11NO/c1-2-10-7-5-8-11-6-3-4-9-12(10)11;1-2-10-8-7-9-5-3-4-6-11(9)12-10;1-2-6-10(12)11-9-7-4-3-5-8-9;1-2-4-8(12)11-6-3-5-7(11)9(10)13;1-2-4-9(12)11-6-3-5-8(11)7-10;1-2-5-9-8(11)10-6-3-4-7-10;1-9-8(10)7-5-3-2-4-6-7;1-2-5-8(10)9-6-3-4-7-9;1-2-3-7(9)8-4-5-10-6-8;1-4-5-7(9)8-6(2)3;1-2-7-5-3-4-6-7;1-2-6-4-3-5-7-6;1-3-4-6-5(7)8-2;1-4(2)5(7)6-3/h3-9H,2H2,1H3;3-8H,2H2,1H3;3-5,7-8H,2,6H2,1H3,(H,11,12);7H,2-6H2,1H3,(H2,10,13);8H,2-6H2,1H3;2-7H2,1H3,(H,9,11);2-6H,1H3,(H,9,10);2-7H2,1H3;2-6H2,1H3;6H,4-5H2,1-3H3,(H,8,9);7H,2-6H2,1H3;3-5H,2H2,1H3;3-4H2,1-2H3,(H,6,7);4H,1-3H3,(H,6,7). The number of methoxy groups -OCH3 is 1. The summed E-state index contributed by atoms with van der Waals surface area (Å²) in [5, 5.41) is 28.7. The Morgan fingerprint density at radius 2 is 1.01 bits per heavy atom. The van der Waals surface area contributed by atoms with Gasteiger partial charge in [-0.2, -0.15) is 5.26 Å². The Balaban J connectivity index is 0.00000149. The van der Waals surface area contributed by atoms with Crippen LogP contribution in [0.15, 0.2) is 162 Å². The van der Waals surface area contributed by atoms with Crippen molar-refractivity contribution < 1.29 is 61.9 Å². The minimum absolute atomic E-state index is 0.0411. The van der Waals surface area contributed by atoms with Crippen LogP contribution in [0.2, 0.25) is 0 Å². The van der Waals surface area contributed by atoms with E-state index in [1.54, 1.807) is 42.3 Å². The van der Waals surface area contributed by atoms with Crippen molar-refractivity contribution >= 4 is 104 Å². The number of fused-ring (bicyclic) bond motifs is 2. The number of aromatic nitrogens is 1. The highest BCUT2D eigenvalue weighted by molar-refractivity contribution is 7.99. The number of amides is 12. The average molecular weight is 1960 g/mol. The number of hydrogen-bond donors (Lipinski definition) is 7. The lowest BCUT2D eigenvalue weighted by Gasteiger charge is -2.21. The maximum atomic E-state index is 11.5. The quantitative estimate of drug-likeness (QED) is 0.0279. The molecule has 0 radical (unpaired) electrons. The van der Waals surface area contributed by atoms with Gasteiger partial charge in [0.2, 0.25) is 47.3 Å². The molecule has 5 saturated heterocycles. The highest BCUT2D eigenvalue weighted by Crippen LogP contribution is 2.27. The first-order chi connectivity index (χ1) is 67.5. The number of primary amides is 1.